The lowest BCUT2D eigenvalue weighted by Gasteiger charge is -2.18. The van der Waals surface area contributed by atoms with Crippen LogP contribution in [0.3, 0.4) is 0 Å². The fourth-order valence-electron chi connectivity index (χ4n) is 2.06. The number of benzene rings is 2. The zero-order chi connectivity index (χ0) is 14.7. The molecule has 2 rings (SSSR count). The molecule has 20 heavy (non-hydrogen) atoms. The van der Waals surface area contributed by atoms with E-state index in [-0.39, 0.29) is 0 Å². The van der Waals surface area contributed by atoms with Gasteiger partial charge >= 0.3 is 0 Å². The van der Waals surface area contributed by atoms with Gasteiger partial charge in [0, 0.05) is 16.1 Å². The third-order valence-corrected chi connectivity index (χ3v) is 3.34. The Balaban J connectivity index is 2.51. The van der Waals surface area contributed by atoms with Gasteiger partial charge in [-0.1, -0.05) is 23.7 Å². The van der Waals surface area contributed by atoms with Crippen molar-refractivity contribution in [2.75, 3.05) is 20.0 Å². The number of para-hydroxylation sites is 1. The number of halogens is 1. The van der Waals surface area contributed by atoms with E-state index in [1.807, 2.05) is 0 Å². The molecule has 0 amide bonds. The molecule has 0 spiro atoms. The van der Waals surface area contributed by atoms with Crippen LogP contribution in [0.2, 0.25) is 5.02 Å². The Morgan fingerprint density at radius 2 is 1.75 bits per heavy atom. The molecule has 106 valence electrons. The first kappa shape index (κ1) is 14.5. The zero-order valence-corrected chi connectivity index (χ0v) is 12.0. The fraction of sp³-hybridized carbons (Fsp3) is 0.200. The first-order valence-electron chi connectivity index (χ1n) is 6.02. The molecule has 1 unspecified atom stereocenters. The molecule has 0 aliphatic rings. The monoisotopic (exact) mass is 293 g/mol. The Hall–Kier alpha value is -1.91. The number of methoxy groups -OCH3 is 2. The summed E-state index contributed by atoms with van der Waals surface area (Å²) in [6, 6.07) is 10.3. The van der Waals surface area contributed by atoms with Gasteiger partial charge in [-0.2, -0.15) is 0 Å². The van der Waals surface area contributed by atoms with Crippen LogP contribution in [0, 0.1) is 0 Å². The van der Waals surface area contributed by atoms with E-state index in [1.165, 1.54) is 14.2 Å². The fourth-order valence-corrected chi connectivity index (χ4v) is 2.24. The number of nitrogens with two attached hydrogens (primary N) is 1. The van der Waals surface area contributed by atoms with Gasteiger partial charge in [0.1, 0.15) is 17.6 Å². The smallest absolute Gasteiger partial charge is 0.142 e. The molecule has 0 heterocycles. The van der Waals surface area contributed by atoms with E-state index in [9.17, 15) is 5.11 Å². The van der Waals surface area contributed by atoms with Crippen molar-refractivity contribution in [3.63, 3.8) is 0 Å². The van der Waals surface area contributed by atoms with Crippen molar-refractivity contribution in [2.45, 2.75) is 6.10 Å². The molecule has 0 saturated carbocycles. The predicted molar refractivity (Wildman–Crippen MR) is 79.5 cm³/mol. The highest BCUT2D eigenvalue weighted by molar-refractivity contribution is 6.30. The third-order valence-electron chi connectivity index (χ3n) is 3.10. The van der Waals surface area contributed by atoms with Crippen molar-refractivity contribution in [1.29, 1.82) is 0 Å². The Bertz CT molecular complexity index is 616. The predicted octanol–water partition coefficient (Wildman–Crippen LogP) is 3.02. The number of anilines is 1. The van der Waals surface area contributed by atoms with E-state index in [2.05, 4.69) is 0 Å². The van der Waals surface area contributed by atoms with Crippen LogP contribution in [-0.4, -0.2) is 19.3 Å². The average molecular weight is 294 g/mol. The van der Waals surface area contributed by atoms with Gasteiger partial charge in [0.15, 0.2) is 0 Å². The second kappa shape index (κ2) is 6.03. The van der Waals surface area contributed by atoms with E-state index in [4.69, 9.17) is 26.8 Å². The minimum Gasteiger partial charge on any atom is -0.496 e. The molecule has 0 aromatic heterocycles. The maximum Gasteiger partial charge on any atom is 0.142 e. The van der Waals surface area contributed by atoms with E-state index >= 15 is 0 Å². The molecular formula is C15H16ClNO3. The van der Waals surface area contributed by atoms with Crippen LogP contribution in [0.5, 0.6) is 11.5 Å². The van der Waals surface area contributed by atoms with E-state index in [1.54, 1.807) is 36.4 Å². The third kappa shape index (κ3) is 2.66. The minimum atomic E-state index is -0.946. The lowest BCUT2D eigenvalue weighted by Crippen LogP contribution is -2.06. The molecule has 5 heteroatoms. The summed E-state index contributed by atoms with van der Waals surface area (Å²) < 4.78 is 10.4. The lowest BCUT2D eigenvalue weighted by molar-refractivity contribution is 0.215. The molecule has 4 nitrogen and oxygen atoms in total. The Kier molecular flexibility index (Phi) is 4.37. The molecule has 0 bridgehead atoms. The van der Waals surface area contributed by atoms with Gasteiger partial charge in [0.2, 0.25) is 0 Å². The number of nitrogen functional groups attached to an aromatic ring is 1. The van der Waals surface area contributed by atoms with Crippen LogP contribution in [-0.2, 0) is 0 Å². The topological polar surface area (TPSA) is 64.7 Å². The van der Waals surface area contributed by atoms with E-state index < -0.39 is 6.10 Å². The maximum atomic E-state index is 10.6. The molecule has 0 aliphatic carbocycles. The Morgan fingerprint density at radius 3 is 2.40 bits per heavy atom. The van der Waals surface area contributed by atoms with Crippen molar-refractivity contribution in [2.24, 2.45) is 0 Å². The van der Waals surface area contributed by atoms with Crippen molar-refractivity contribution < 1.29 is 14.6 Å². The summed E-state index contributed by atoms with van der Waals surface area (Å²) in [6.07, 6.45) is -0.946. The summed E-state index contributed by atoms with van der Waals surface area (Å²) >= 11 is 5.98. The van der Waals surface area contributed by atoms with Crippen molar-refractivity contribution in [1.82, 2.24) is 0 Å². The summed E-state index contributed by atoms with van der Waals surface area (Å²) in [4.78, 5) is 0. The van der Waals surface area contributed by atoms with Crippen molar-refractivity contribution in [3.8, 4) is 11.5 Å². The average Bonchev–Trinajstić information content (AvgIpc) is 2.46. The van der Waals surface area contributed by atoms with Gasteiger partial charge in [-0.3, -0.25) is 0 Å². The van der Waals surface area contributed by atoms with Gasteiger partial charge in [0.05, 0.1) is 19.9 Å². The first-order chi connectivity index (χ1) is 9.58. The summed E-state index contributed by atoms with van der Waals surface area (Å²) in [5, 5.41) is 11.1. The summed E-state index contributed by atoms with van der Waals surface area (Å²) in [6.45, 7) is 0. The number of aliphatic hydroxyl groups excluding tert-OH is 1. The molecule has 2 aromatic rings. The highest BCUT2D eigenvalue weighted by atomic mass is 35.5. The first-order valence-corrected chi connectivity index (χ1v) is 6.40. The molecular weight excluding hydrogens is 278 g/mol. The van der Waals surface area contributed by atoms with Crippen LogP contribution in [0.4, 0.5) is 5.69 Å². The van der Waals surface area contributed by atoms with Gasteiger partial charge < -0.3 is 20.3 Å². The van der Waals surface area contributed by atoms with Crippen molar-refractivity contribution in [3.05, 3.63) is 52.5 Å². The number of hydrogen-bond donors (Lipinski definition) is 2. The maximum absolute atomic E-state index is 10.6. The normalized spacial score (nSPS) is 12.0. The quantitative estimate of drug-likeness (QED) is 0.851. The summed E-state index contributed by atoms with van der Waals surface area (Å²) in [5.74, 6) is 1.06. The summed E-state index contributed by atoms with van der Waals surface area (Å²) in [5.41, 5.74) is 7.50. The molecule has 2 aromatic carbocycles. The highest BCUT2D eigenvalue weighted by Gasteiger charge is 2.19. The largest absolute Gasteiger partial charge is 0.496 e. The van der Waals surface area contributed by atoms with Crippen LogP contribution >= 0.6 is 11.6 Å². The SMILES string of the molecule is COc1ccc(Cl)cc1C(O)c1cccc(OC)c1N. The van der Waals surface area contributed by atoms with Gasteiger partial charge in [-0.05, 0) is 24.3 Å². The van der Waals surface area contributed by atoms with Gasteiger partial charge in [-0.15, -0.1) is 0 Å². The second-order valence-electron chi connectivity index (χ2n) is 4.25. The second-order valence-corrected chi connectivity index (χ2v) is 4.69. The molecule has 1 atom stereocenters. The lowest BCUT2D eigenvalue weighted by atomic mass is 9.99. The van der Waals surface area contributed by atoms with E-state index in [0.717, 1.165) is 0 Å². The highest BCUT2D eigenvalue weighted by Crippen LogP contribution is 2.37. The van der Waals surface area contributed by atoms with Crippen LogP contribution < -0.4 is 15.2 Å². The minimum absolute atomic E-state index is 0.393. The molecule has 0 fully saturated rings. The molecule has 0 aliphatic heterocycles. The standard InChI is InChI=1S/C15H16ClNO3/c1-19-12-7-6-9(16)8-11(12)15(18)10-4-3-5-13(20-2)14(10)17/h3-8,15,18H,17H2,1-2H3. The number of hydrogen-bond acceptors (Lipinski definition) is 4. The summed E-state index contributed by atoms with van der Waals surface area (Å²) in [7, 11) is 3.07. The van der Waals surface area contributed by atoms with Crippen LogP contribution in [0.25, 0.3) is 0 Å². The molecule has 0 radical (unpaired) electrons. The van der Waals surface area contributed by atoms with Crippen LogP contribution in [0.1, 0.15) is 17.2 Å². The number of aliphatic hydroxyl groups is 1. The molecule has 3 N–H and O–H groups in total. The van der Waals surface area contributed by atoms with Crippen LogP contribution in [0.15, 0.2) is 36.4 Å². The van der Waals surface area contributed by atoms with Crippen molar-refractivity contribution >= 4 is 17.3 Å². The molecule has 0 saturated heterocycles. The Labute approximate surface area is 122 Å². The Morgan fingerprint density at radius 1 is 1.05 bits per heavy atom. The van der Waals surface area contributed by atoms with Gasteiger partial charge in [-0.25, -0.2) is 0 Å². The zero-order valence-electron chi connectivity index (χ0n) is 11.3. The number of ether oxygens (including phenoxy) is 2. The van der Waals surface area contributed by atoms with E-state index in [0.29, 0.717) is 33.3 Å². The van der Waals surface area contributed by atoms with Gasteiger partial charge in [0.25, 0.3) is 0 Å². The number of rotatable bonds is 4.